The molecule has 2 rings (SSSR count). The molecule has 1 aromatic rings. The van der Waals surface area contributed by atoms with Crippen LogP contribution >= 0.6 is 15.9 Å². The molecule has 106 valence electrons. The predicted molar refractivity (Wildman–Crippen MR) is 80.4 cm³/mol. The summed E-state index contributed by atoms with van der Waals surface area (Å²) in [5.74, 6) is 1.25. The Hall–Kier alpha value is -0.390. The minimum atomic E-state index is -3.43. The first kappa shape index (κ1) is 15.0. The fourth-order valence-corrected chi connectivity index (χ4v) is 4.89. The molecule has 5 heteroatoms. The number of rotatable bonds is 3. The molecule has 0 heterocycles. The Kier molecular flexibility index (Phi) is 4.69. The standard InChI is InChI=1S/C14H20BrNO2S/c1-10-7-8-12(9-11(10)2)16-19(17,18)14-6-4-3-5-13(14)15/h3-6,10-12,16H,7-9H2,1-2H3. The lowest BCUT2D eigenvalue weighted by molar-refractivity contribution is 0.242. The van der Waals surface area contributed by atoms with Crippen LogP contribution in [0.1, 0.15) is 33.1 Å². The first-order valence-corrected chi connectivity index (χ1v) is 8.94. The highest BCUT2D eigenvalue weighted by atomic mass is 79.9. The van der Waals surface area contributed by atoms with E-state index in [-0.39, 0.29) is 6.04 Å². The number of halogens is 1. The quantitative estimate of drug-likeness (QED) is 0.910. The van der Waals surface area contributed by atoms with Crippen molar-refractivity contribution in [3.05, 3.63) is 28.7 Å². The maximum Gasteiger partial charge on any atom is 0.241 e. The van der Waals surface area contributed by atoms with E-state index in [2.05, 4.69) is 34.5 Å². The summed E-state index contributed by atoms with van der Waals surface area (Å²) in [5.41, 5.74) is 0. The molecule has 1 saturated carbocycles. The zero-order chi connectivity index (χ0) is 14.0. The van der Waals surface area contributed by atoms with Gasteiger partial charge in [-0.3, -0.25) is 0 Å². The molecule has 19 heavy (non-hydrogen) atoms. The SMILES string of the molecule is CC1CCC(NS(=O)(=O)c2ccccc2Br)CC1C. The third-order valence-electron chi connectivity index (χ3n) is 4.05. The van der Waals surface area contributed by atoms with Crippen LogP contribution in [0, 0.1) is 11.8 Å². The molecule has 1 fully saturated rings. The van der Waals surface area contributed by atoms with Gasteiger partial charge in [0, 0.05) is 10.5 Å². The number of hydrogen-bond donors (Lipinski definition) is 1. The molecule has 1 aromatic carbocycles. The number of benzene rings is 1. The molecule has 1 aliphatic carbocycles. The van der Waals surface area contributed by atoms with E-state index < -0.39 is 10.0 Å². The van der Waals surface area contributed by atoms with E-state index in [1.807, 2.05) is 6.07 Å². The Balaban J connectivity index is 2.12. The Bertz CT molecular complexity index is 544. The fraction of sp³-hybridized carbons (Fsp3) is 0.571. The van der Waals surface area contributed by atoms with Gasteiger partial charge in [-0.15, -0.1) is 0 Å². The lowest BCUT2D eigenvalue weighted by Crippen LogP contribution is -2.39. The average Bonchev–Trinajstić information content (AvgIpc) is 2.34. The molecule has 3 atom stereocenters. The van der Waals surface area contributed by atoms with Gasteiger partial charge < -0.3 is 0 Å². The lowest BCUT2D eigenvalue weighted by Gasteiger charge is -2.32. The summed E-state index contributed by atoms with van der Waals surface area (Å²) in [6.45, 7) is 4.44. The Labute approximate surface area is 124 Å². The molecule has 0 spiro atoms. The smallest absolute Gasteiger partial charge is 0.208 e. The molecule has 0 aromatic heterocycles. The van der Waals surface area contributed by atoms with Crippen molar-refractivity contribution in [3.8, 4) is 0 Å². The molecular weight excluding hydrogens is 326 g/mol. The van der Waals surface area contributed by atoms with E-state index >= 15 is 0 Å². The monoisotopic (exact) mass is 345 g/mol. The van der Waals surface area contributed by atoms with Crippen molar-refractivity contribution in [2.24, 2.45) is 11.8 Å². The summed E-state index contributed by atoms with van der Waals surface area (Å²) >= 11 is 3.30. The second-order valence-electron chi connectivity index (χ2n) is 5.52. The van der Waals surface area contributed by atoms with Crippen LogP contribution in [0.2, 0.25) is 0 Å². The van der Waals surface area contributed by atoms with Gasteiger partial charge in [0.2, 0.25) is 10.0 Å². The van der Waals surface area contributed by atoms with Gasteiger partial charge in [0.05, 0.1) is 4.90 Å². The van der Waals surface area contributed by atoms with Crippen LogP contribution in [0.4, 0.5) is 0 Å². The van der Waals surface area contributed by atoms with E-state index in [0.717, 1.165) is 19.3 Å². The minimum absolute atomic E-state index is 0.0586. The molecule has 3 unspecified atom stereocenters. The van der Waals surface area contributed by atoms with E-state index in [1.165, 1.54) is 0 Å². The Morgan fingerprint density at radius 2 is 1.84 bits per heavy atom. The number of hydrogen-bond acceptors (Lipinski definition) is 2. The molecule has 0 bridgehead atoms. The van der Waals surface area contributed by atoms with Gasteiger partial charge in [-0.25, -0.2) is 13.1 Å². The molecule has 3 nitrogen and oxygen atoms in total. The number of sulfonamides is 1. The average molecular weight is 346 g/mol. The van der Waals surface area contributed by atoms with E-state index in [9.17, 15) is 8.42 Å². The molecule has 0 aliphatic heterocycles. The van der Waals surface area contributed by atoms with Crippen molar-refractivity contribution in [3.63, 3.8) is 0 Å². The van der Waals surface area contributed by atoms with Gasteiger partial charge in [-0.05, 0) is 59.2 Å². The second kappa shape index (κ2) is 5.94. The molecule has 1 N–H and O–H groups in total. The van der Waals surface area contributed by atoms with Crippen molar-refractivity contribution >= 4 is 26.0 Å². The normalized spacial score (nSPS) is 28.3. The van der Waals surface area contributed by atoms with Crippen LogP contribution < -0.4 is 4.72 Å². The van der Waals surface area contributed by atoms with Gasteiger partial charge >= 0.3 is 0 Å². The predicted octanol–water partition coefficient (Wildman–Crippen LogP) is 3.55. The van der Waals surface area contributed by atoms with Crippen LogP contribution in [0.5, 0.6) is 0 Å². The minimum Gasteiger partial charge on any atom is -0.208 e. The van der Waals surface area contributed by atoms with Gasteiger partial charge in [-0.1, -0.05) is 26.0 Å². The largest absolute Gasteiger partial charge is 0.241 e. The molecule has 0 amide bonds. The molecule has 1 aliphatic rings. The van der Waals surface area contributed by atoms with Crippen LogP contribution in [-0.4, -0.2) is 14.5 Å². The molecular formula is C14H20BrNO2S. The van der Waals surface area contributed by atoms with Gasteiger partial charge in [-0.2, -0.15) is 0 Å². The van der Waals surface area contributed by atoms with Gasteiger partial charge in [0.25, 0.3) is 0 Å². The highest BCUT2D eigenvalue weighted by Crippen LogP contribution is 2.30. The topological polar surface area (TPSA) is 46.2 Å². The maximum atomic E-state index is 12.4. The van der Waals surface area contributed by atoms with E-state index in [0.29, 0.717) is 21.2 Å². The van der Waals surface area contributed by atoms with Gasteiger partial charge in [0.15, 0.2) is 0 Å². The Morgan fingerprint density at radius 3 is 2.47 bits per heavy atom. The van der Waals surface area contributed by atoms with Crippen LogP contribution in [0.3, 0.4) is 0 Å². The molecule has 0 radical (unpaired) electrons. The molecule has 0 saturated heterocycles. The third-order valence-corrected chi connectivity index (χ3v) is 6.58. The van der Waals surface area contributed by atoms with Gasteiger partial charge in [0.1, 0.15) is 0 Å². The Morgan fingerprint density at radius 1 is 1.16 bits per heavy atom. The summed E-state index contributed by atoms with van der Waals surface area (Å²) in [4.78, 5) is 0.321. The fourth-order valence-electron chi connectivity index (χ4n) is 2.60. The van der Waals surface area contributed by atoms with Crippen LogP contribution in [0.25, 0.3) is 0 Å². The lowest BCUT2D eigenvalue weighted by atomic mass is 9.79. The summed E-state index contributed by atoms with van der Waals surface area (Å²) in [6.07, 6.45) is 2.93. The van der Waals surface area contributed by atoms with Crippen molar-refractivity contribution < 1.29 is 8.42 Å². The number of nitrogens with one attached hydrogen (secondary N) is 1. The summed E-state index contributed by atoms with van der Waals surface area (Å²) in [7, 11) is -3.43. The van der Waals surface area contributed by atoms with Crippen LogP contribution in [0.15, 0.2) is 33.6 Å². The first-order valence-electron chi connectivity index (χ1n) is 6.67. The van der Waals surface area contributed by atoms with Crippen molar-refractivity contribution in [1.29, 1.82) is 0 Å². The first-order chi connectivity index (χ1) is 8.90. The summed E-state index contributed by atoms with van der Waals surface area (Å²) < 4.78 is 28.2. The maximum absolute atomic E-state index is 12.4. The highest BCUT2D eigenvalue weighted by molar-refractivity contribution is 9.10. The second-order valence-corrected chi connectivity index (χ2v) is 8.05. The van der Waals surface area contributed by atoms with E-state index in [1.54, 1.807) is 18.2 Å². The third kappa shape index (κ3) is 3.58. The zero-order valence-corrected chi connectivity index (χ0v) is 13.7. The van der Waals surface area contributed by atoms with Crippen LogP contribution in [-0.2, 0) is 10.0 Å². The zero-order valence-electron chi connectivity index (χ0n) is 11.3. The highest BCUT2D eigenvalue weighted by Gasteiger charge is 2.28. The van der Waals surface area contributed by atoms with Crippen molar-refractivity contribution in [1.82, 2.24) is 4.72 Å². The summed E-state index contributed by atoms with van der Waals surface area (Å²) in [5, 5.41) is 0. The van der Waals surface area contributed by atoms with E-state index in [4.69, 9.17) is 0 Å². The van der Waals surface area contributed by atoms with Crippen molar-refractivity contribution in [2.75, 3.05) is 0 Å². The van der Waals surface area contributed by atoms with Crippen molar-refractivity contribution in [2.45, 2.75) is 44.0 Å². The summed E-state index contributed by atoms with van der Waals surface area (Å²) in [6, 6.07) is 6.99.